The van der Waals surface area contributed by atoms with Gasteiger partial charge in [-0.05, 0) is 43.0 Å². The number of morpholine rings is 1. The molecule has 0 aromatic heterocycles. The van der Waals surface area contributed by atoms with Crippen LogP contribution in [0.15, 0.2) is 53.5 Å². The van der Waals surface area contributed by atoms with Crippen molar-refractivity contribution in [3.63, 3.8) is 0 Å². The van der Waals surface area contributed by atoms with Crippen LogP contribution in [0.2, 0.25) is 0 Å². The maximum absolute atomic E-state index is 14.3. The molecule has 1 saturated carbocycles. The number of hydrogen-bond donors (Lipinski definition) is 2. The molecule has 5 nitrogen and oxygen atoms in total. The molecule has 1 aliphatic carbocycles. The van der Waals surface area contributed by atoms with Crippen molar-refractivity contribution in [3.05, 3.63) is 65.5 Å². The first kappa shape index (κ1) is 20.7. The van der Waals surface area contributed by atoms with Crippen molar-refractivity contribution in [2.24, 2.45) is 4.99 Å². The van der Waals surface area contributed by atoms with Crippen molar-refractivity contribution in [2.75, 3.05) is 44.3 Å². The van der Waals surface area contributed by atoms with Gasteiger partial charge in [0.05, 0.1) is 19.8 Å². The molecular formula is C24H31FN4O. The van der Waals surface area contributed by atoms with E-state index in [-0.39, 0.29) is 11.2 Å². The van der Waals surface area contributed by atoms with Gasteiger partial charge in [-0.15, -0.1) is 0 Å². The van der Waals surface area contributed by atoms with E-state index in [9.17, 15) is 4.39 Å². The summed E-state index contributed by atoms with van der Waals surface area (Å²) in [6, 6.07) is 15.6. The molecule has 1 aliphatic heterocycles. The second kappa shape index (κ2) is 9.47. The van der Waals surface area contributed by atoms with Gasteiger partial charge in [-0.2, -0.15) is 0 Å². The molecule has 2 aliphatic rings. The van der Waals surface area contributed by atoms with E-state index in [0.717, 1.165) is 57.2 Å². The fourth-order valence-corrected chi connectivity index (χ4v) is 4.10. The molecule has 1 saturated heterocycles. The van der Waals surface area contributed by atoms with Crippen LogP contribution < -0.4 is 15.5 Å². The van der Waals surface area contributed by atoms with E-state index < -0.39 is 0 Å². The number of guanidine groups is 1. The number of aliphatic imine (C=N–C) groups is 1. The van der Waals surface area contributed by atoms with Crippen molar-refractivity contribution in [2.45, 2.75) is 31.7 Å². The van der Waals surface area contributed by atoms with Crippen LogP contribution >= 0.6 is 0 Å². The number of ether oxygens (including phenoxy) is 1. The van der Waals surface area contributed by atoms with Crippen LogP contribution in [0, 0.1) is 5.82 Å². The first-order valence-electron chi connectivity index (χ1n) is 10.9. The average Bonchev–Trinajstić information content (AvgIpc) is 3.58. The quantitative estimate of drug-likeness (QED) is 0.542. The number of hydrogen-bond acceptors (Lipinski definition) is 3. The summed E-state index contributed by atoms with van der Waals surface area (Å²) in [7, 11) is 0. The highest BCUT2D eigenvalue weighted by atomic mass is 19.1. The van der Waals surface area contributed by atoms with E-state index in [1.54, 1.807) is 12.1 Å². The number of para-hydroxylation sites is 1. The van der Waals surface area contributed by atoms with Gasteiger partial charge < -0.3 is 20.3 Å². The van der Waals surface area contributed by atoms with Crippen molar-refractivity contribution >= 4 is 11.6 Å². The predicted molar refractivity (Wildman–Crippen MR) is 120 cm³/mol. The molecule has 2 aromatic rings. The maximum Gasteiger partial charge on any atom is 0.191 e. The predicted octanol–water partition coefficient (Wildman–Crippen LogP) is 3.45. The molecule has 0 spiro atoms. The minimum absolute atomic E-state index is 0.113. The summed E-state index contributed by atoms with van der Waals surface area (Å²) in [5.41, 5.74) is 3.12. The van der Waals surface area contributed by atoms with Crippen LogP contribution in [0.4, 0.5) is 10.1 Å². The van der Waals surface area contributed by atoms with Crippen molar-refractivity contribution in [3.8, 4) is 0 Å². The molecule has 2 N–H and O–H groups in total. The third-order valence-electron chi connectivity index (χ3n) is 5.99. The Hall–Kier alpha value is -2.60. The second-order valence-corrected chi connectivity index (χ2v) is 8.04. The number of anilines is 1. The molecular weight excluding hydrogens is 379 g/mol. The zero-order valence-electron chi connectivity index (χ0n) is 17.7. The van der Waals surface area contributed by atoms with Gasteiger partial charge in [0.2, 0.25) is 0 Å². The lowest BCUT2D eigenvalue weighted by Crippen LogP contribution is -2.41. The molecule has 0 amide bonds. The Labute approximate surface area is 178 Å². The molecule has 4 rings (SSSR count). The highest BCUT2D eigenvalue weighted by molar-refractivity contribution is 5.80. The Balaban J connectivity index is 1.44. The fraction of sp³-hybridized carbons (Fsp3) is 0.458. The Kier molecular flexibility index (Phi) is 6.53. The van der Waals surface area contributed by atoms with E-state index in [0.29, 0.717) is 13.1 Å². The Morgan fingerprint density at radius 2 is 1.80 bits per heavy atom. The van der Waals surface area contributed by atoms with Gasteiger partial charge in [0.25, 0.3) is 0 Å². The van der Waals surface area contributed by atoms with Gasteiger partial charge in [0.1, 0.15) is 5.82 Å². The molecule has 0 unspecified atom stereocenters. The standard InChI is InChI=1S/C24H31FN4O/c1-2-26-23(28-18-24(11-12-24)20-8-4-5-9-21(20)25)27-17-19-7-3-6-10-22(19)29-13-15-30-16-14-29/h3-10H,2,11-18H2,1H3,(H2,26,27,28). The van der Waals surface area contributed by atoms with Crippen molar-refractivity contribution < 1.29 is 9.13 Å². The summed E-state index contributed by atoms with van der Waals surface area (Å²) in [5.74, 6) is 0.662. The van der Waals surface area contributed by atoms with Gasteiger partial charge in [0, 0.05) is 37.3 Å². The number of halogens is 1. The van der Waals surface area contributed by atoms with Crippen LogP contribution in [-0.4, -0.2) is 45.4 Å². The lowest BCUT2D eigenvalue weighted by molar-refractivity contribution is 0.122. The summed E-state index contributed by atoms with van der Waals surface area (Å²) >= 11 is 0. The molecule has 1 heterocycles. The number of nitrogens with zero attached hydrogens (tertiary/aromatic N) is 2. The topological polar surface area (TPSA) is 48.9 Å². The normalized spacial score (nSPS) is 18.2. The summed E-state index contributed by atoms with van der Waals surface area (Å²) < 4.78 is 19.8. The van der Waals surface area contributed by atoms with Crippen LogP contribution in [0.5, 0.6) is 0 Å². The van der Waals surface area contributed by atoms with Crippen LogP contribution in [-0.2, 0) is 16.7 Å². The van der Waals surface area contributed by atoms with E-state index in [4.69, 9.17) is 9.73 Å². The molecule has 30 heavy (non-hydrogen) atoms. The van der Waals surface area contributed by atoms with Crippen LogP contribution in [0.1, 0.15) is 30.9 Å². The molecule has 6 heteroatoms. The number of benzene rings is 2. The van der Waals surface area contributed by atoms with E-state index >= 15 is 0 Å². The summed E-state index contributed by atoms with van der Waals surface area (Å²) in [6.07, 6.45) is 2.00. The van der Waals surface area contributed by atoms with Gasteiger partial charge in [-0.25, -0.2) is 9.38 Å². The lowest BCUT2D eigenvalue weighted by Gasteiger charge is -2.30. The fourth-order valence-electron chi connectivity index (χ4n) is 4.10. The molecule has 160 valence electrons. The largest absolute Gasteiger partial charge is 0.378 e. The maximum atomic E-state index is 14.3. The van der Waals surface area contributed by atoms with Crippen LogP contribution in [0.3, 0.4) is 0 Å². The minimum Gasteiger partial charge on any atom is -0.378 e. The van der Waals surface area contributed by atoms with Crippen molar-refractivity contribution in [1.82, 2.24) is 10.6 Å². The highest BCUT2D eigenvalue weighted by Crippen LogP contribution is 2.48. The molecule has 2 aromatic carbocycles. The van der Waals surface area contributed by atoms with Crippen molar-refractivity contribution in [1.29, 1.82) is 0 Å². The average molecular weight is 411 g/mol. The second-order valence-electron chi connectivity index (χ2n) is 8.04. The first-order valence-corrected chi connectivity index (χ1v) is 10.9. The monoisotopic (exact) mass is 410 g/mol. The molecule has 2 fully saturated rings. The molecule has 0 atom stereocenters. The van der Waals surface area contributed by atoms with Crippen LogP contribution in [0.25, 0.3) is 0 Å². The number of nitrogens with one attached hydrogen (secondary N) is 2. The Bertz CT molecular complexity index is 875. The summed E-state index contributed by atoms with van der Waals surface area (Å²) in [5, 5.41) is 6.79. The first-order chi connectivity index (χ1) is 14.7. The Morgan fingerprint density at radius 3 is 2.53 bits per heavy atom. The van der Waals surface area contributed by atoms with E-state index in [1.165, 1.54) is 11.3 Å². The SMILES string of the molecule is CCNC(=NCc1ccccc1N1CCOCC1)NCC1(c2ccccc2F)CC1. The highest BCUT2D eigenvalue weighted by Gasteiger charge is 2.45. The van der Waals surface area contributed by atoms with E-state index in [1.807, 2.05) is 12.1 Å². The zero-order valence-corrected chi connectivity index (χ0v) is 17.7. The summed E-state index contributed by atoms with van der Waals surface area (Å²) in [4.78, 5) is 7.20. The third-order valence-corrected chi connectivity index (χ3v) is 5.99. The zero-order chi connectivity index (χ0) is 20.8. The Morgan fingerprint density at radius 1 is 1.07 bits per heavy atom. The summed E-state index contributed by atoms with van der Waals surface area (Å²) in [6.45, 7) is 7.46. The third kappa shape index (κ3) is 4.75. The van der Waals surface area contributed by atoms with Gasteiger partial charge in [0.15, 0.2) is 5.96 Å². The molecule has 0 radical (unpaired) electrons. The van der Waals surface area contributed by atoms with Gasteiger partial charge >= 0.3 is 0 Å². The lowest BCUT2D eigenvalue weighted by atomic mass is 9.95. The van der Waals surface area contributed by atoms with Gasteiger partial charge in [-0.3, -0.25) is 0 Å². The van der Waals surface area contributed by atoms with E-state index in [2.05, 4.69) is 46.7 Å². The van der Waals surface area contributed by atoms with Gasteiger partial charge in [-0.1, -0.05) is 36.4 Å². The number of rotatable bonds is 7. The minimum atomic E-state index is -0.118. The smallest absolute Gasteiger partial charge is 0.191 e. The molecule has 0 bridgehead atoms.